The van der Waals surface area contributed by atoms with Gasteiger partial charge in [0.25, 0.3) is 0 Å². The van der Waals surface area contributed by atoms with E-state index in [0.29, 0.717) is 0 Å². The molecule has 0 aliphatic heterocycles. The SMILES string of the molecule is COC(C)(C)CCNCC1CC1C. The zero-order valence-corrected chi connectivity index (χ0v) is 9.39. The zero-order chi connectivity index (χ0) is 9.90. The standard InChI is InChI=1S/C11H23NO/c1-9-7-10(9)8-12-6-5-11(2,3)13-4/h9-10,12H,5-8H2,1-4H3. The molecule has 78 valence electrons. The second-order valence-corrected chi connectivity index (χ2v) is 4.89. The lowest BCUT2D eigenvalue weighted by molar-refractivity contribution is 0.0158. The van der Waals surface area contributed by atoms with E-state index >= 15 is 0 Å². The summed E-state index contributed by atoms with van der Waals surface area (Å²) in [7, 11) is 1.78. The highest BCUT2D eigenvalue weighted by Gasteiger charge is 2.31. The zero-order valence-electron chi connectivity index (χ0n) is 9.39. The lowest BCUT2D eigenvalue weighted by Gasteiger charge is -2.22. The molecule has 1 saturated carbocycles. The maximum atomic E-state index is 5.34. The molecule has 1 aliphatic carbocycles. The van der Waals surface area contributed by atoms with E-state index in [-0.39, 0.29) is 5.60 Å². The van der Waals surface area contributed by atoms with Crippen LogP contribution in [0.25, 0.3) is 0 Å². The van der Waals surface area contributed by atoms with Crippen molar-refractivity contribution < 1.29 is 4.74 Å². The van der Waals surface area contributed by atoms with Gasteiger partial charge in [-0.1, -0.05) is 6.92 Å². The lowest BCUT2D eigenvalue weighted by atomic mass is 10.1. The van der Waals surface area contributed by atoms with Crippen LogP contribution in [-0.4, -0.2) is 25.8 Å². The highest BCUT2D eigenvalue weighted by Crippen LogP contribution is 2.36. The van der Waals surface area contributed by atoms with Gasteiger partial charge >= 0.3 is 0 Å². The maximum absolute atomic E-state index is 5.34. The first-order valence-electron chi connectivity index (χ1n) is 5.31. The molecule has 0 spiro atoms. The third-order valence-electron chi connectivity index (χ3n) is 3.14. The van der Waals surface area contributed by atoms with Gasteiger partial charge in [0.15, 0.2) is 0 Å². The van der Waals surface area contributed by atoms with E-state index in [1.54, 1.807) is 7.11 Å². The number of ether oxygens (including phenoxy) is 1. The molecule has 2 unspecified atom stereocenters. The largest absolute Gasteiger partial charge is 0.379 e. The lowest BCUT2D eigenvalue weighted by Crippen LogP contribution is -2.29. The van der Waals surface area contributed by atoms with Gasteiger partial charge in [-0.25, -0.2) is 0 Å². The van der Waals surface area contributed by atoms with E-state index in [2.05, 4.69) is 26.1 Å². The average molecular weight is 185 g/mol. The van der Waals surface area contributed by atoms with Crippen LogP contribution in [0.4, 0.5) is 0 Å². The fraction of sp³-hybridized carbons (Fsp3) is 1.00. The first kappa shape index (κ1) is 11.0. The van der Waals surface area contributed by atoms with E-state index in [4.69, 9.17) is 4.74 Å². The molecule has 0 amide bonds. The van der Waals surface area contributed by atoms with Crippen molar-refractivity contribution in [2.45, 2.75) is 39.2 Å². The van der Waals surface area contributed by atoms with E-state index in [0.717, 1.165) is 24.8 Å². The molecule has 1 N–H and O–H groups in total. The molecular weight excluding hydrogens is 162 g/mol. The molecule has 1 fully saturated rings. The molecule has 0 saturated heterocycles. The Morgan fingerprint density at radius 3 is 2.54 bits per heavy atom. The van der Waals surface area contributed by atoms with E-state index < -0.39 is 0 Å². The van der Waals surface area contributed by atoms with Gasteiger partial charge in [0.2, 0.25) is 0 Å². The molecule has 1 rings (SSSR count). The van der Waals surface area contributed by atoms with Crippen LogP contribution < -0.4 is 5.32 Å². The summed E-state index contributed by atoms with van der Waals surface area (Å²) in [6, 6.07) is 0. The van der Waals surface area contributed by atoms with Crippen LogP contribution in [0.2, 0.25) is 0 Å². The molecule has 0 heterocycles. The Labute approximate surface area is 82.0 Å². The molecule has 0 aromatic heterocycles. The number of rotatable bonds is 6. The molecule has 1 aliphatic rings. The van der Waals surface area contributed by atoms with Crippen molar-refractivity contribution in [3.05, 3.63) is 0 Å². The summed E-state index contributed by atoms with van der Waals surface area (Å²) >= 11 is 0. The molecule has 13 heavy (non-hydrogen) atoms. The summed E-state index contributed by atoms with van der Waals surface area (Å²) in [6.45, 7) is 8.86. The number of nitrogens with one attached hydrogen (secondary N) is 1. The van der Waals surface area contributed by atoms with Crippen LogP contribution in [-0.2, 0) is 4.74 Å². The van der Waals surface area contributed by atoms with Gasteiger partial charge in [0, 0.05) is 7.11 Å². The number of hydrogen-bond donors (Lipinski definition) is 1. The van der Waals surface area contributed by atoms with E-state index in [1.807, 2.05) is 0 Å². The molecule has 2 atom stereocenters. The second-order valence-electron chi connectivity index (χ2n) is 4.89. The quantitative estimate of drug-likeness (QED) is 0.639. The van der Waals surface area contributed by atoms with Crippen LogP contribution in [0, 0.1) is 11.8 Å². The first-order valence-corrected chi connectivity index (χ1v) is 5.31. The smallest absolute Gasteiger partial charge is 0.0634 e. The summed E-state index contributed by atoms with van der Waals surface area (Å²) in [4.78, 5) is 0. The molecule has 0 aromatic rings. The predicted octanol–water partition coefficient (Wildman–Crippen LogP) is 2.05. The predicted molar refractivity (Wildman–Crippen MR) is 55.8 cm³/mol. The van der Waals surface area contributed by atoms with Gasteiger partial charge in [-0.2, -0.15) is 0 Å². The van der Waals surface area contributed by atoms with Crippen LogP contribution in [0.3, 0.4) is 0 Å². The molecule has 0 aromatic carbocycles. The van der Waals surface area contributed by atoms with Crippen LogP contribution in [0.5, 0.6) is 0 Å². The minimum atomic E-state index is 0.0299. The fourth-order valence-corrected chi connectivity index (χ4v) is 1.46. The third-order valence-corrected chi connectivity index (χ3v) is 3.14. The molecule has 0 radical (unpaired) electrons. The molecule has 2 heteroatoms. The van der Waals surface area contributed by atoms with Crippen molar-refractivity contribution in [3.8, 4) is 0 Å². The highest BCUT2D eigenvalue weighted by atomic mass is 16.5. The Morgan fingerprint density at radius 2 is 2.08 bits per heavy atom. The van der Waals surface area contributed by atoms with Crippen molar-refractivity contribution >= 4 is 0 Å². The Kier molecular flexibility index (Phi) is 3.74. The summed E-state index contributed by atoms with van der Waals surface area (Å²) in [5.74, 6) is 1.91. The Balaban J connectivity index is 1.94. The molecular formula is C11H23NO. The minimum absolute atomic E-state index is 0.0299. The van der Waals surface area contributed by atoms with Crippen molar-refractivity contribution in [1.82, 2.24) is 5.32 Å². The van der Waals surface area contributed by atoms with E-state index in [1.165, 1.54) is 13.0 Å². The minimum Gasteiger partial charge on any atom is -0.379 e. The monoisotopic (exact) mass is 185 g/mol. The van der Waals surface area contributed by atoms with Crippen LogP contribution in [0.15, 0.2) is 0 Å². The Hall–Kier alpha value is -0.0800. The average Bonchev–Trinajstić information content (AvgIpc) is 2.76. The van der Waals surface area contributed by atoms with Gasteiger partial charge in [0.05, 0.1) is 5.60 Å². The van der Waals surface area contributed by atoms with Crippen molar-refractivity contribution in [2.75, 3.05) is 20.2 Å². The van der Waals surface area contributed by atoms with Crippen LogP contribution in [0.1, 0.15) is 33.6 Å². The van der Waals surface area contributed by atoms with Gasteiger partial charge in [-0.05, 0) is 51.6 Å². The molecule has 2 nitrogen and oxygen atoms in total. The van der Waals surface area contributed by atoms with Gasteiger partial charge in [-0.15, -0.1) is 0 Å². The normalized spacial score (nSPS) is 27.7. The Bertz CT molecular complexity index is 156. The third kappa shape index (κ3) is 4.10. The summed E-state index contributed by atoms with van der Waals surface area (Å²) in [5, 5.41) is 3.49. The van der Waals surface area contributed by atoms with Gasteiger partial charge in [0.1, 0.15) is 0 Å². The Morgan fingerprint density at radius 1 is 1.46 bits per heavy atom. The number of methoxy groups -OCH3 is 1. The summed E-state index contributed by atoms with van der Waals surface area (Å²) in [6.07, 6.45) is 2.51. The van der Waals surface area contributed by atoms with Crippen molar-refractivity contribution in [2.24, 2.45) is 11.8 Å². The topological polar surface area (TPSA) is 21.3 Å². The summed E-state index contributed by atoms with van der Waals surface area (Å²) in [5.41, 5.74) is 0.0299. The second kappa shape index (κ2) is 4.43. The fourth-order valence-electron chi connectivity index (χ4n) is 1.46. The summed E-state index contributed by atoms with van der Waals surface area (Å²) < 4.78 is 5.34. The maximum Gasteiger partial charge on any atom is 0.0634 e. The molecule has 0 bridgehead atoms. The first-order chi connectivity index (χ1) is 6.05. The van der Waals surface area contributed by atoms with Crippen molar-refractivity contribution in [1.29, 1.82) is 0 Å². The van der Waals surface area contributed by atoms with E-state index in [9.17, 15) is 0 Å². The number of hydrogen-bond acceptors (Lipinski definition) is 2. The van der Waals surface area contributed by atoms with Gasteiger partial charge in [-0.3, -0.25) is 0 Å². The van der Waals surface area contributed by atoms with Crippen molar-refractivity contribution in [3.63, 3.8) is 0 Å². The highest BCUT2D eigenvalue weighted by molar-refractivity contribution is 4.84. The van der Waals surface area contributed by atoms with Gasteiger partial charge < -0.3 is 10.1 Å². The van der Waals surface area contributed by atoms with Crippen LogP contribution >= 0.6 is 0 Å².